The lowest BCUT2D eigenvalue weighted by molar-refractivity contribution is -0.117. The number of nitrogens with one attached hydrogen (secondary N) is 1. The van der Waals surface area contributed by atoms with Crippen LogP contribution in [0.5, 0.6) is 0 Å². The Balaban J connectivity index is 1.98. The van der Waals surface area contributed by atoms with Crippen LogP contribution in [0, 0.1) is 0 Å². The fourth-order valence-corrected chi connectivity index (χ4v) is 3.51. The minimum atomic E-state index is -0.404. The van der Waals surface area contributed by atoms with E-state index in [4.69, 9.17) is 4.74 Å². The zero-order valence-electron chi connectivity index (χ0n) is 15.7. The molecule has 0 aliphatic rings. The second-order valence-corrected chi connectivity index (χ2v) is 7.09. The molecule has 1 amide bonds. The summed E-state index contributed by atoms with van der Waals surface area (Å²) in [6.07, 6.45) is 4.58. The van der Waals surface area contributed by atoms with E-state index >= 15 is 0 Å². The molecule has 7 nitrogen and oxygen atoms in total. The number of aryl methyl sites for hydroxylation is 2. The van der Waals surface area contributed by atoms with Crippen molar-refractivity contribution >= 4 is 28.2 Å². The number of amides is 1. The average Bonchev–Trinajstić information content (AvgIpc) is 3.21. The lowest BCUT2D eigenvalue weighted by Gasteiger charge is -2.15. The summed E-state index contributed by atoms with van der Waals surface area (Å²) in [4.78, 5) is 27.4. The van der Waals surface area contributed by atoms with Gasteiger partial charge < -0.3 is 10.1 Å². The minimum Gasteiger partial charge on any atom is -0.462 e. The molecule has 2 heterocycles. The van der Waals surface area contributed by atoms with Crippen LogP contribution < -0.4 is 5.32 Å². The van der Waals surface area contributed by atoms with Crippen LogP contribution in [0.15, 0.2) is 18.5 Å². The Kier molecular flexibility index (Phi) is 7.35. The van der Waals surface area contributed by atoms with Crippen molar-refractivity contribution in [3.05, 3.63) is 34.5 Å². The summed E-state index contributed by atoms with van der Waals surface area (Å²) in [7, 11) is 1.88. The van der Waals surface area contributed by atoms with Gasteiger partial charge in [0.25, 0.3) is 0 Å². The highest BCUT2D eigenvalue weighted by atomic mass is 32.1. The molecule has 142 valence electrons. The topological polar surface area (TPSA) is 76.5 Å². The number of carbonyl (C=O) groups excluding carboxylic acids is 2. The first-order valence-electron chi connectivity index (χ1n) is 8.76. The molecule has 0 aromatic carbocycles. The maximum atomic E-state index is 12.4. The quantitative estimate of drug-likeness (QED) is 0.679. The summed E-state index contributed by atoms with van der Waals surface area (Å²) in [6.45, 7) is 7.77. The second-order valence-electron chi connectivity index (χ2n) is 5.95. The van der Waals surface area contributed by atoms with Gasteiger partial charge >= 0.3 is 5.97 Å². The Bertz CT molecular complexity index is 753. The zero-order chi connectivity index (χ0) is 19.1. The number of nitrogens with zero attached hydrogens (tertiary/aromatic N) is 3. The van der Waals surface area contributed by atoms with E-state index in [0.29, 0.717) is 23.7 Å². The molecular formula is C18H26N4O3S. The fourth-order valence-electron chi connectivity index (χ4n) is 2.51. The van der Waals surface area contributed by atoms with Crippen molar-refractivity contribution in [2.75, 3.05) is 25.5 Å². The number of anilines is 1. The third-order valence-electron chi connectivity index (χ3n) is 3.76. The van der Waals surface area contributed by atoms with Gasteiger partial charge in [0.2, 0.25) is 5.91 Å². The summed E-state index contributed by atoms with van der Waals surface area (Å²) >= 11 is 1.41. The van der Waals surface area contributed by atoms with Crippen molar-refractivity contribution in [3.8, 4) is 0 Å². The lowest BCUT2D eigenvalue weighted by atomic mass is 10.2. The monoisotopic (exact) mass is 378 g/mol. The summed E-state index contributed by atoms with van der Waals surface area (Å²) in [5.41, 5.74) is 1.48. The average molecular weight is 378 g/mol. The number of ether oxygens (including phenoxy) is 1. The van der Waals surface area contributed by atoms with Crippen molar-refractivity contribution in [2.45, 2.75) is 40.3 Å². The van der Waals surface area contributed by atoms with Crippen LogP contribution in [-0.2, 0) is 29.0 Å². The second kappa shape index (κ2) is 9.49. The highest BCUT2D eigenvalue weighted by molar-refractivity contribution is 7.16. The molecule has 0 bridgehead atoms. The van der Waals surface area contributed by atoms with Gasteiger partial charge in [-0.1, -0.05) is 6.92 Å². The van der Waals surface area contributed by atoms with Crippen LogP contribution in [0.4, 0.5) is 5.00 Å². The third kappa shape index (κ3) is 5.40. The van der Waals surface area contributed by atoms with Gasteiger partial charge in [-0.3, -0.25) is 14.4 Å². The number of aromatic nitrogens is 2. The fraction of sp³-hybridized carbons (Fsp3) is 0.500. The Morgan fingerprint density at radius 1 is 1.35 bits per heavy atom. The van der Waals surface area contributed by atoms with E-state index in [1.807, 2.05) is 42.9 Å². The van der Waals surface area contributed by atoms with E-state index in [-0.39, 0.29) is 12.5 Å². The Hall–Kier alpha value is -2.19. The number of carbonyl (C=O) groups is 2. The van der Waals surface area contributed by atoms with E-state index in [2.05, 4.69) is 10.4 Å². The predicted molar refractivity (Wildman–Crippen MR) is 103 cm³/mol. The van der Waals surface area contributed by atoms with Crippen LogP contribution in [0.1, 0.15) is 41.6 Å². The predicted octanol–water partition coefficient (Wildman–Crippen LogP) is 2.77. The first-order valence-corrected chi connectivity index (χ1v) is 9.57. The molecule has 2 aromatic rings. The van der Waals surface area contributed by atoms with Gasteiger partial charge in [-0.05, 0) is 33.4 Å². The van der Waals surface area contributed by atoms with E-state index in [1.165, 1.54) is 11.3 Å². The molecular weight excluding hydrogens is 352 g/mol. The molecule has 0 saturated carbocycles. The lowest BCUT2D eigenvalue weighted by Crippen LogP contribution is -2.30. The standard InChI is InChI=1S/C18H26N4O3S/c1-5-14-8-15(18(24)25-7-3)17(26-14)20-16(23)12-21(4)10-13-9-19-22(6-2)11-13/h8-9,11H,5-7,10,12H2,1-4H3,(H,20,23). The van der Waals surface area contributed by atoms with Gasteiger partial charge in [0.15, 0.2) is 0 Å². The molecule has 0 fully saturated rings. The van der Waals surface area contributed by atoms with E-state index in [1.54, 1.807) is 13.0 Å². The SMILES string of the molecule is CCOC(=O)c1cc(CC)sc1NC(=O)CN(C)Cc1cnn(CC)c1. The van der Waals surface area contributed by atoms with Gasteiger partial charge in [0, 0.05) is 29.7 Å². The first-order chi connectivity index (χ1) is 12.5. The van der Waals surface area contributed by atoms with Crippen molar-refractivity contribution in [1.82, 2.24) is 14.7 Å². The van der Waals surface area contributed by atoms with Crippen molar-refractivity contribution in [2.24, 2.45) is 0 Å². The Morgan fingerprint density at radius 3 is 2.73 bits per heavy atom. The van der Waals surface area contributed by atoms with Crippen molar-refractivity contribution < 1.29 is 14.3 Å². The molecule has 0 unspecified atom stereocenters. The van der Waals surface area contributed by atoms with Gasteiger partial charge in [0.1, 0.15) is 5.00 Å². The van der Waals surface area contributed by atoms with Crippen LogP contribution in [-0.4, -0.2) is 46.8 Å². The van der Waals surface area contributed by atoms with Gasteiger partial charge in [-0.2, -0.15) is 5.10 Å². The zero-order valence-corrected chi connectivity index (χ0v) is 16.6. The van der Waals surface area contributed by atoms with Crippen LogP contribution in [0.2, 0.25) is 0 Å². The number of hydrogen-bond donors (Lipinski definition) is 1. The first kappa shape index (κ1) is 20.1. The van der Waals surface area contributed by atoms with Crippen molar-refractivity contribution in [1.29, 1.82) is 0 Å². The molecule has 0 radical (unpaired) electrons. The van der Waals surface area contributed by atoms with Crippen LogP contribution >= 0.6 is 11.3 Å². The van der Waals surface area contributed by atoms with Gasteiger partial charge in [0.05, 0.1) is 24.9 Å². The molecule has 2 rings (SSSR count). The van der Waals surface area contributed by atoms with E-state index in [0.717, 1.165) is 23.4 Å². The van der Waals surface area contributed by atoms with Crippen LogP contribution in [0.3, 0.4) is 0 Å². The highest BCUT2D eigenvalue weighted by Crippen LogP contribution is 2.29. The molecule has 0 spiro atoms. The number of thiophene rings is 1. The minimum absolute atomic E-state index is 0.162. The highest BCUT2D eigenvalue weighted by Gasteiger charge is 2.19. The molecule has 0 aliphatic heterocycles. The maximum absolute atomic E-state index is 12.4. The number of rotatable bonds is 9. The van der Waals surface area contributed by atoms with Crippen LogP contribution in [0.25, 0.3) is 0 Å². The largest absolute Gasteiger partial charge is 0.462 e. The molecule has 0 aliphatic carbocycles. The molecule has 26 heavy (non-hydrogen) atoms. The number of likely N-dealkylation sites (N-methyl/N-ethyl adjacent to an activating group) is 1. The summed E-state index contributed by atoms with van der Waals surface area (Å²) in [5.74, 6) is -0.565. The van der Waals surface area contributed by atoms with Gasteiger partial charge in [-0.25, -0.2) is 4.79 Å². The van der Waals surface area contributed by atoms with E-state index < -0.39 is 5.97 Å². The summed E-state index contributed by atoms with van der Waals surface area (Å²) < 4.78 is 6.93. The smallest absolute Gasteiger partial charge is 0.341 e. The molecule has 0 atom stereocenters. The van der Waals surface area contributed by atoms with Crippen molar-refractivity contribution in [3.63, 3.8) is 0 Å². The summed E-state index contributed by atoms with van der Waals surface area (Å²) in [5, 5.41) is 7.64. The number of hydrogen-bond acceptors (Lipinski definition) is 6. The molecule has 1 N–H and O–H groups in total. The Labute approximate surface area is 157 Å². The summed E-state index contributed by atoms with van der Waals surface area (Å²) in [6, 6.07) is 1.79. The van der Waals surface area contributed by atoms with E-state index in [9.17, 15) is 9.59 Å². The molecule has 2 aromatic heterocycles. The normalized spacial score (nSPS) is 11.0. The molecule has 0 saturated heterocycles. The maximum Gasteiger partial charge on any atom is 0.341 e. The Morgan fingerprint density at radius 2 is 2.12 bits per heavy atom. The van der Waals surface area contributed by atoms with Gasteiger partial charge in [-0.15, -0.1) is 11.3 Å². The molecule has 8 heteroatoms. The third-order valence-corrected chi connectivity index (χ3v) is 4.95. The number of esters is 1.